The molecule has 0 atom stereocenters. The predicted molar refractivity (Wildman–Crippen MR) is 84.8 cm³/mol. The maximum Gasteiger partial charge on any atom is 0.227 e. The molecule has 0 bridgehead atoms. The van der Waals surface area contributed by atoms with Gasteiger partial charge in [0.2, 0.25) is 5.91 Å². The first-order valence-corrected chi connectivity index (χ1v) is 8.76. The number of amides is 1. The van der Waals surface area contributed by atoms with Crippen LogP contribution in [0.15, 0.2) is 0 Å². The molecular weight excluding hydrogens is 264 g/mol. The predicted octanol–water partition coefficient (Wildman–Crippen LogP) is 2.34. The van der Waals surface area contributed by atoms with Gasteiger partial charge in [0.15, 0.2) is 0 Å². The van der Waals surface area contributed by atoms with E-state index in [2.05, 4.69) is 5.32 Å². The minimum absolute atomic E-state index is 0.0889. The van der Waals surface area contributed by atoms with E-state index in [0.717, 1.165) is 38.5 Å². The summed E-state index contributed by atoms with van der Waals surface area (Å²) < 4.78 is 0. The van der Waals surface area contributed by atoms with E-state index in [9.17, 15) is 9.90 Å². The van der Waals surface area contributed by atoms with Gasteiger partial charge in [-0.25, -0.2) is 0 Å². The van der Waals surface area contributed by atoms with Gasteiger partial charge in [-0.15, -0.1) is 0 Å². The molecule has 21 heavy (non-hydrogen) atoms. The Morgan fingerprint density at radius 3 is 2.00 bits per heavy atom. The summed E-state index contributed by atoms with van der Waals surface area (Å²) in [4.78, 5) is 12.7. The standard InChI is InChI=1S/C17H32N2O2/c18-12-17(10-6-1-2-7-11-17)15(21)19-13-16(14-20)8-4-3-5-9-16/h20H,1-14,18H2,(H,19,21). The fourth-order valence-electron chi connectivity index (χ4n) is 4.08. The van der Waals surface area contributed by atoms with Crippen LogP contribution in [0.1, 0.15) is 70.6 Å². The zero-order valence-corrected chi connectivity index (χ0v) is 13.3. The maximum atomic E-state index is 12.7. The fraction of sp³-hybridized carbons (Fsp3) is 0.941. The second-order valence-corrected chi connectivity index (χ2v) is 7.30. The molecule has 2 saturated carbocycles. The zero-order valence-electron chi connectivity index (χ0n) is 13.3. The molecule has 2 aliphatic rings. The van der Waals surface area contributed by atoms with Gasteiger partial charge < -0.3 is 16.2 Å². The van der Waals surface area contributed by atoms with Gasteiger partial charge in [0.1, 0.15) is 0 Å². The lowest BCUT2D eigenvalue weighted by atomic mass is 9.74. The van der Waals surface area contributed by atoms with E-state index in [1.807, 2.05) is 0 Å². The van der Waals surface area contributed by atoms with Crippen LogP contribution in [0.25, 0.3) is 0 Å². The van der Waals surface area contributed by atoms with Crippen LogP contribution >= 0.6 is 0 Å². The van der Waals surface area contributed by atoms with Crippen LogP contribution in [0.5, 0.6) is 0 Å². The number of hydrogen-bond acceptors (Lipinski definition) is 3. The monoisotopic (exact) mass is 296 g/mol. The topological polar surface area (TPSA) is 75.4 Å². The second kappa shape index (κ2) is 7.59. The molecule has 4 N–H and O–H groups in total. The molecule has 0 unspecified atom stereocenters. The number of nitrogens with one attached hydrogen (secondary N) is 1. The van der Waals surface area contributed by atoms with E-state index in [0.29, 0.717) is 13.1 Å². The maximum absolute atomic E-state index is 12.7. The van der Waals surface area contributed by atoms with Crippen LogP contribution in [0.2, 0.25) is 0 Å². The summed E-state index contributed by atoms with van der Waals surface area (Å²) in [7, 11) is 0. The van der Waals surface area contributed by atoms with E-state index in [-0.39, 0.29) is 23.3 Å². The lowest BCUT2D eigenvalue weighted by Gasteiger charge is -2.37. The summed E-state index contributed by atoms with van der Waals surface area (Å²) >= 11 is 0. The zero-order chi connectivity index (χ0) is 15.2. The Balaban J connectivity index is 1.95. The summed E-state index contributed by atoms with van der Waals surface area (Å²) in [6, 6.07) is 0. The molecule has 0 radical (unpaired) electrons. The Kier molecular flexibility index (Phi) is 6.06. The third-order valence-corrected chi connectivity index (χ3v) is 5.81. The van der Waals surface area contributed by atoms with Crippen molar-refractivity contribution >= 4 is 5.91 Å². The minimum Gasteiger partial charge on any atom is -0.396 e. The Hall–Kier alpha value is -0.610. The molecule has 1 amide bonds. The van der Waals surface area contributed by atoms with Crippen molar-refractivity contribution < 1.29 is 9.90 Å². The summed E-state index contributed by atoms with van der Waals surface area (Å²) in [5, 5.41) is 12.9. The van der Waals surface area contributed by atoms with E-state index < -0.39 is 0 Å². The van der Waals surface area contributed by atoms with Gasteiger partial charge in [0, 0.05) is 18.5 Å². The van der Waals surface area contributed by atoms with E-state index in [1.54, 1.807) is 0 Å². The van der Waals surface area contributed by atoms with Crippen LogP contribution in [0.4, 0.5) is 0 Å². The number of hydrogen-bond donors (Lipinski definition) is 3. The highest BCUT2D eigenvalue weighted by Gasteiger charge is 2.39. The molecule has 0 saturated heterocycles. The van der Waals surface area contributed by atoms with Crippen molar-refractivity contribution in [2.45, 2.75) is 70.6 Å². The first-order valence-electron chi connectivity index (χ1n) is 8.76. The van der Waals surface area contributed by atoms with Crippen molar-refractivity contribution in [2.24, 2.45) is 16.6 Å². The smallest absolute Gasteiger partial charge is 0.227 e. The van der Waals surface area contributed by atoms with Crippen LogP contribution in [0, 0.1) is 10.8 Å². The summed E-state index contributed by atoms with van der Waals surface area (Å²) in [6.07, 6.45) is 12.1. The van der Waals surface area contributed by atoms with Gasteiger partial charge in [0.25, 0.3) is 0 Å². The lowest BCUT2D eigenvalue weighted by Crippen LogP contribution is -2.50. The Morgan fingerprint density at radius 2 is 1.48 bits per heavy atom. The van der Waals surface area contributed by atoms with Crippen molar-refractivity contribution in [3.8, 4) is 0 Å². The minimum atomic E-state index is -0.359. The van der Waals surface area contributed by atoms with Crippen molar-refractivity contribution in [1.29, 1.82) is 0 Å². The summed E-state index contributed by atoms with van der Waals surface area (Å²) in [5.74, 6) is 0.130. The molecule has 2 fully saturated rings. The van der Waals surface area contributed by atoms with Gasteiger partial charge in [-0.1, -0.05) is 44.9 Å². The van der Waals surface area contributed by atoms with Crippen molar-refractivity contribution in [3.63, 3.8) is 0 Å². The van der Waals surface area contributed by atoms with Gasteiger partial charge in [-0.2, -0.15) is 0 Å². The number of nitrogens with two attached hydrogens (primary N) is 1. The molecule has 4 nitrogen and oxygen atoms in total. The van der Waals surface area contributed by atoms with Gasteiger partial charge in [-0.05, 0) is 25.7 Å². The fourth-order valence-corrected chi connectivity index (χ4v) is 4.08. The number of carbonyl (C=O) groups excluding carboxylic acids is 1. The first kappa shape index (κ1) is 16.8. The van der Waals surface area contributed by atoms with E-state index in [1.165, 1.54) is 32.1 Å². The molecule has 0 spiro atoms. The van der Waals surface area contributed by atoms with Crippen molar-refractivity contribution in [1.82, 2.24) is 5.32 Å². The molecule has 2 aliphatic carbocycles. The third kappa shape index (κ3) is 3.98. The average Bonchev–Trinajstić information content (AvgIpc) is 2.80. The normalized spacial score (nSPS) is 25.0. The molecule has 2 rings (SSSR count). The number of aliphatic hydroxyl groups is 1. The van der Waals surface area contributed by atoms with Crippen LogP contribution in [-0.4, -0.2) is 30.7 Å². The quantitative estimate of drug-likeness (QED) is 0.682. The van der Waals surface area contributed by atoms with Crippen LogP contribution in [0.3, 0.4) is 0 Å². The molecular formula is C17H32N2O2. The van der Waals surface area contributed by atoms with E-state index >= 15 is 0 Å². The van der Waals surface area contributed by atoms with Crippen molar-refractivity contribution in [2.75, 3.05) is 19.7 Å². The van der Waals surface area contributed by atoms with Crippen molar-refractivity contribution in [3.05, 3.63) is 0 Å². The van der Waals surface area contributed by atoms with Crippen LogP contribution in [-0.2, 0) is 4.79 Å². The highest BCUT2D eigenvalue weighted by Crippen LogP contribution is 2.37. The second-order valence-electron chi connectivity index (χ2n) is 7.30. The SMILES string of the molecule is NCC1(C(=O)NCC2(CO)CCCCC2)CCCCCC1. The summed E-state index contributed by atoms with van der Waals surface area (Å²) in [6.45, 7) is 1.25. The molecule has 0 aromatic heterocycles. The molecule has 0 aromatic carbocycles. The number of carbonyl (C=O) groups is 1. The molecule has 0 aliphatic heterocycles. The lowest BCUT2D eigenvalue weighted by molar-refractivity contribution is -0.132. The Bertz CT molecular complexity index is 330. The first-order chi connectivity index (χ1) is 10.2. The molecule has 122 valence electrons. The third-order valence-electron chi connectivity index (χ3n) is 5.81. The number of rotatable bonds is 5. The largest absolute Gasteiger partial charge is 0.396 e. The Labute approximate surface area is 128 Å². The van der Waals surface area contributed by atoms with E-state index in [4.69, 9.17) is 5.73 Å². The van der Waals surface area contributed by atoms with Gasteiger partial charge in [-0.3, -0.25) is 4.79 Å². The Morgan fingerprint density at radius 1 is 0.952 bits per heavy atom. The van der Waals surface area contributed by atoms with Gasteiger partial charge in [0.05, 0.1) is 12.0 Å². The number of aliphatic hydroxyl groups excluding tert-OH is 1. The molecule has 4 heteroatoms. The molecule has 0 aromatic rings. The highest BCUT2D eigenvalue weighted by molar-refractivity contribution is 5.83. The highest BCUT2D eigenvalue weighted by atomic mass is 16.3. The van der Waals surface area contributed by atoms with Gasteiger partial charge >= 0.3 is 0 Å². The molecule has 0 heterocycles. The van der Waals surface area contributed by atoms with Crippen LogP contribution < -0.4 is 11.1 Å². The summed E-state index contributed by atoms with van der Waals surface area (Å²) in [5.41, 5.74) is 5.52. The average molecular weight is 296 g/mol.